The number of hydrogen-bond donors (Lipinski definition) is 0. The van der Waals surface area contributed by atoms with Crippen molar-refractivity contribution < 1.29 is 27.5 Å². The fourth-order valence-corrected chi connectivity index (χ4v) is 8.27. The van der Waals surface area contributed by atoms with Crippen LogP contribution in [0.15, 0.2) is 77.7 Å². The van der Waals surface area contributed by atoms with Crippen LogP contribution < -0.4 is 0 Å². The highest BCUT2D eigenvalue weighted by Gasteiger charge is 2.80. The molecule has 0 N–H and O–H groups in total. The van der Waals surface area contributed by atoms with E-state index in [9.17, 15) is 18.0 Å². The maximum Gasteiger partial charge on any atom is 0.323 e. The van der Waals surface area contributed by atoms with Gasteiger partial charge in [0.05, 0.1) is 19.1 Å². The molecule has 2 aliphatic carbocycles. The molecule has 4 rings (SSSR count). The lowest BCUT2D eigenvalue weighted by Crippen LogP contribution is -2.62. The summed E-state index contributed by atoms with van der Waals surface area (Å²) in [5.74, 6) is -1.58. The molecule has 7 heteroatoms. The van der Waals surface area contributed by atoms with Gasteiger partial charge >= 0.3 is 11.9 Å². The number of ether oxygens (including phenoxy) is 2. The molecule has 162 valence electrons. The first-order chi connectivity index (χ1) is 14.7. The number of fused-ring (bicyclic) bond motifs is 1. The molecular formula is C24H24O6S. The molecule has 0 spiro atoms. The Labute approximate surface area is 181 Å². The monoisotopic (exact) mass is 440 g/mol. The van der Waals surface area contributed by atoms with Crippen molar-refractivity contribution in [1.29, 1.82) is 0 Å². The van der Waals surface area contributed by atoms with E-state index in [0.29, 0.717) is 12.0 Å². The highest BCUT2D eigenvalue weighted by Crippen LogP contribution is 2.73. The zero-order valence-electron chi connectivity index (χ0n) is 17.5. The summed E-state index contributed by atoms with van der Waals surface area (Å²) in [7, 11) is -1.65. The normalized spacial score (nSPS) is 26.5. The zero-order valence-corrected chi connectivity index (χ0v) is 18.3. The number of esters is 2. The number of sulfone groups is 1. The van der Waals surface area contributed by atoms with E-state index in [1.807, 2.05) is 30.3 Å². The molecule has 2 fully saturated rings. The molecule has 2 atom stereocenters. The predicted octanol–water partition coefficient (Wildman–Crippen LogP) is 3.22. The Hall–Kier alpha value is -2.93. The van der Waals surface area contributed by atoms with Crippen LogP contribution in [0.25, 0.3) is 0 Å². The summed E-state index contributed by atoms with van der Waals surface area (Å²) in [6.07, 6.45) is 0.0392. The standard InChI is InChI=1S/C24H24O6S/c1-17-14-23(18-10-6-4-7-11-18)15-22(20(25)29-2,21(26)30-3)16-24(17,23)31(27,28)19-12-8-5-9-13-19/h4-13H,1,14-16H2,2-3H3/t23-,24+/m1/s1. The lowest BCUT2D eigenvalue weighted by atomic mass is 9.55. The second kappa shape index (κ2) is 7.05. The maximum atomic E-state index is 14.2. The highest BCUT2D eigenvalue weighted by atomic mass is 32.2. The molecule has 2 aromatic rings. The van der Waals surface area contributed by atoms with E-state index in [2.05, 4.69) is 6.58 Å². The van der Waals surface area contributed by atoms with Crippen molar-refractivity contribution in [3.05, 3.63) is 78.4 Å². The molecule has 0 aliphatic heterocycles. The summed E-state index contributed by atoms with van der Waals surface area (Å²) in [5.41, 5.74) is -1.53. The maximum absolute atomic E-state index is 14.2. The van der Waals surface area contributed by atoms with Gasteiger partial charge < -0.3 is 9.47 Å². The van der Waals surface area contributed by atoms with E-state index in [4.69, 9.17) is 9.47 Å². The van der Waals surface area contributed by atoms with Crippen molar-refractivity contribution in [3.63, 3.8) is 0 Å². The van der Waals surface area contributed by atoms with E-state index >= 15 is 0 Å². The van der Waals surface area contributed by atoms with Crippen LogP contribution in [0.4, 0.5) is 0 Å². The third-order valence-corrected chi connectivity index (χ3v) is 9.64. The molecule has 6 nitrogen and oxygen atoms in total. The van der Waals surface area contributed by atoms with Crippen molar-refractivity contribution in [1.82, 2.24) is 0 Å². The number of carbonyl (C=O) groups excluding carboxylic acids is 2. The van der Waals surface area contributed by atoms with Crippen LogP contribution in [0, 0.1) is 5.41 Å². The molecule has 0 heterocycles. The lowest BCUT2D eigenvalue weighted by molar-refractivity contribution is -0.169. The van der Waals surface area contributed by atoms with Crippen molar-refractivity contribution in [2.75, 3.05) is 14.2 Å². The average molecular weight is 441 g/mol. The van der Waals surface area contributed by atoms with Crippen LogP contribution in [0.3, 0.4) is 0 Å². The molecular weight excluding hydrogens is 416 g/mol. The molecule has 0 unspecified atom stereocenters. The fraction of sp³-hybridized carbons (Fsp3) is 0.333. The summed E-state index contributed by atoms with van der Waals surface area (Å²) < 4.78 is 36.8. The number of methoxy groups -OCH3 is 2. The second-order valence-corrected chi connectivity index (χ2v) is 10.5. The Balaban J connectivity index is 2.04. The molecule has 0 amide bonds. The first kappa shape index (κ1) is 21.3. The van der Waals surface area contributed by atoms with Gasteiger partial charge in [-0.1, -0.05) is 60.7 Å². The predicted molar refractivity (Wildman–Crippen MR) is 114 cm³/mol. The van der Waals surface area contributed by atoms with Gasteiger partial charge in [-0.05, 0) is 37.0 Å². The van der Waals surface area contributed by atoms with E-state index in [1.54, 1.807) is 18.2 Å². The fourth-order valence-electron chi connectivity index (χ4n) is 5.68. The van der Waals surface area contributed by atoms with Gasteiger partial charge in [0.2, 0.25) is 0 Å². The summed E-state index contributed by atoms with van der Waals surface area (Å²) in [5, 5.41) is 0. The molecule has 0 radical (unpaired) electrons. The summed E-state index contributed by atoms with van der Waals surface area (Å²) >= 11 is 0. The first-order valence-electron chi connectivity index (χ1n) is 9.92. The summed E-state index contributed by atoms with van der Waals surface area (Å²) in [4.78, 5) is 26.1. The third-order valence-electron chi connectivity index (χ3n) is 7.00. The van der Waals surface area contributed by atoms with Gasteiger partial charge in [-0.15, -0.1) is 0 Å². The third kappa shape index (κ3) is 2.53. The Bertz CT molecular complexity index is 1140. The van der Waals surface area contributed by atoms with E-state index in [1.165, 1.54) is 26.4 Å². The van der Waals surface area contributed by atoms with Crippen molar-refractivity contribution >= 4 is 21.8 Å². The van der Waals surface area contributed by atoms with E-state index in [0.717, 1.165) is 5.56 Å². The van der Waals surface area contributed by atoms with Crippen LogP contribution in [-0.2, 0) is 34.3 Å². The van der Waals surface area contributed by atoms with Gasteiger partial charge in [0, 0.05) is 5.41 Å². The van der Waals surface area contributed by atoms with Crippen molar-refractivity contribution in [2.45, 2.75) is 34.3 Å². The zero-order chi connectivity index (χ0) is 22.5. The number of hydrogen-bond acceptors (Lipinski definition) is 6. The molecule has 0 saturated heterocycles. The molecule has 0 bridgehead atoms. The van der Waals surface area contributed by atoms with Crippen molar-refractivity contribution in [2.24, 2.45) is 5.41 Å². The van der Waals surface area contributed by atoms with Gasteiger partial charge in [-0.3, -0.25) is 9.59 Å². The quantitative estimate of drug-likeness (QED) is 0.403. The summed E-state index contributed by atoms with van der Waals surface area (Å²) in [6, 6.07) is 17.3. The molecule has 2 aliphatic rings. The van der Waals surface area contributed by atoms with Crippen LogP contribution in [-0.4, -0.2) is 39.3 Å². The first-order valence-corrected chi connectivity index (χ1v) is 11.4. The molecule has 2 saturated carbocycles. The smallest absolute Gasteiger partial charge is 0.323 e. The van der Waals surface area contributed by atoms with Gasteiger partial charge in [0.15, 0.2) is 15.3 Å². The van der Waals surface area contributed by atoms with Crippen LogP contribution in [0.5, 0.6) is 0 Å². The number of carbonyl (C=O) groups is 2. The van der Waals surface area contributed by atoms with Crippen LogP contribution in [0.1, 0.15) is 24.8 Å². The largest absolute Gasteiger partial charge is 0.468 e. The summed E-state index contributed by atoms with van der Waals surface area (Å²) in [6.45, 7) is 4.09. The number of rotatable bonds is 5. The van der Waals surface area contributed by atoms with Crippen molar-refractivity contribution in [3.8, 4) is 0 Å². The van der Waals surface area contributed by atoms with Gasteiger partial charge in [0.25, 0.3) is 0 Å². The van der Waals surface area contributed by atoms with Crippen LogP contribution in [0.2, 0.25) is 0 Å². The SMILES string of the molecule is C=C1C[C@]2(c3ccccc3)CC(C(=O)OC)(C(=O)OC)C[C@]12S(=O)(=O)c1ccccc1. The number of benzene rings is 2. The minimum atomic E-state index is -4.03. The Morgan fingerprint density at radius 1 is 0.871 bits per heavy atom. The lowest BCUT2D eigenvalue weighted by Gasteiger charge is -2.56. The van der Waals surface area contributed by atoms with Gasteiger partial charge in [0.1, 0.15) is 4.75 Å². The average Bonchev–Trinajstić information content (AvgIpc) is 3.07. The van der Waals surface area contributed by atoms with Crippen LogP contribution >= 0.6 is 0 Å². The minimum Gasteiger partial charge on any atom is -0.468 e. The topological polar surface area (TPSA) is 86.7 Å². The second-order valence-electron chi connectivity index (χ2n) is 8.29. The van der Waals surface area contributed by atoms with E-state index < -0.39 is 37.4 Å². The van der Waals surface area contributed by atoms with Gasteiger partial charge in [-0.25, -0.2) is 8.42 Å². The Morgan fingerprint density at radius 2 is 1.39 bits per heavy atom. The minimum absolute atomic E-state index is 0.0333. The Morgan fingerprint density at radius 3 is 1.87 bits per heavy atom. The highest BCUT2D eigenvalue weighted by molar-refractivity contribution is 7.93. The molecule has 0 aromatic heterocycles. The molecule has 31 heavy (non-hydrogen) atoms. The van der Waals surface area contributed by atoms with E-state index in [-0.39, 0.29) is 17.7 Å². The molecule has 2 aromatic carbocycles. The van der Waals surface area contributed by atoms with Gasteiger partial charge in [-0.2, -0.15) is 0 Å². The Kier molecular flexibility index (Phi) is 4.85.